The predicted molar refractivity (Wildman–Crippen MR) is 65.8 cm³/mol. The van der Waals surface area contributed by atoms with Crippen molar-refractivity contribution in [2.75, 3.05) is 6.54 Å². The fourth-order valence-corrected chi connectivity index (χ4v) is 3.58. The number of thiazole rings is 1. The molecule has 1 aliphatic rings. The second kappa shape index (κ2) is 4.81. The molecule has 1 saturated carbocycles. The minimum Gasteiger partial charge on any atom is -0.314 e. The molecule has 1 fully saturated rings. The molecule has 0 aromatic carbocycles. The minimum atomic E-state index is -4.32. The fourth-order valence-electron chi connectivity index (χ4n) is 2.61. The number of halogens is 3. The lowest BCUT2D eigenvalue weighted by Crippen LogP contribution is -2.28. The molecular weight excluding hydrogens is 261 g/mol. The minimum absolute atomic E-state index is 0.159. The molecule has 0 saturated heterocycles. The normalized spacial score (nSPS) is 28.8. The Morgan fingerprint density at radius 1 is 1.56 bits per heavy atom. The third-order valence-corrected chi connectivity index (χ3v) is 4.93. The van der Waals surface area contributed by atoms with Crippen molar-refractivity contribution in [3.05, 3.63) is 16.1 Å². The molecule has 0 radical (unpaired) electrons. The second-order valence-corrected chi connectivity index (χ2v) is 6.12. The number of nitrogens with one attached hydrogen (secondary N) is 1. The Balaban J connectivity index is 2.14. The Labute approximate surface area is 109 Å². The monoisotopic (exact) mass is 278 g/mol. The zero-order valence-electron chi connectivity index (χ0n) is 10.5. The van der Waals surface area contributed by atoms with E-state index in [2.05, 4.69) is 10.3 Å². The van der Waals surface area contributed by atoms with Crippen LogP contribution in [0.2, 0.25) is 0 Å². The summed E-state index contributed by atoms with van der Waals surface area (Å²) in [5, 5.41) is 2.64. The summed E-state index contributed by atoms with van der Waals surface area (Å²) in [7, 11) is 0. The van der Waals surface area contributed by atoms with Gasteiger partial charge in [-0.3, -0.25) is 0 Å². The van der Waals surface area contributed by atoms with Gasteiger partial charge in [-0.05, 0) is 25.8 Å². The molecule has 0 aliphatic heterocycles. The van der Waals surface area contributed by atoms with Gasteiger partial charge in [0.1, 0.15) is 0 Å². The maximum absolute atomic E-state index is 12.5. The highest BCUT2D eigenvalue weighted by molar-refractivity contribution is 7.11. The van der Waals surface area contributed by atoms with Gasteiger partial charge in [0.25, 0.3) is 0 Å². The summed E-state index contributed by atoms with van der Waals surface area (Å²) in [6, 6.07) is 0.413. The first kappa shape index (κ1) is 13.8. The lowest BCUT2D eigenvalue weighted by molar-refractivity contribution is -0.137. The Bertz CT molecular complexity index is 416. The van der Waals surface area contributed by atoms with Crippen LogP contribution < -0.4 is 5.32 Å². The molecular formula is C12H17F3N2S. The topological polar surface area (TPSA) is 24.9 Å². The van der Waals surface area contributed by atoms with Crippen LogP contribution >= 0.6 is 11.3 Å². The van der Waals surface area contributed by atoms with Crippen LogP contribution in [0.1, 0.15) is 43.0 Å². The average Bonchev–Trinajstić information content (AvgIpc) is 2.85. The van der Waals surface area contributed by atoms with Gasteiger partial charge in [-0.15, -0.1) is 11.3 Å². The SMILES string of the molecule is CCNC1CCC(C)(c2cnc(C(F)(F)F)s2)C1. The lowest BCUT2D eigenvalue weighted by Gasteiger charge is -2.22. The largest absolute Gasteiger partial charge is 0.443 e. The summed E-state index contributed by atoms with van der Waals surface area (Å²) in [6.07, 6.45) is -0.0884. The number of hydrogen-bond acceptors (Lipinski definition) is 3. The van der Waals surface area contributed by atoms with Crippen LogP contribution in [0.3, 0.4) is 0 Å². The van der Waals surface area contributed by atoms with Crippen molar-refractivity contribution in [3.8, 4) is 0 Å². The van der Waals surface area contributed by atoms with Crippen molar-refractivity contribution >= 4 is 11.3 Å². The highest BCUT2D eigenvalue weighted by Gasteiger charge is 2.41. The van der Waals surface area contributed by atoms with Crippen LogP contribution in [0, 0.1) is 0 Å². The summed E-state index contributed by atoms with van der Waals surface area (Å²) in [5.41, 5.74) is -0.159. The second-order valence-electron chi connectivity index (χ2n) is 5.09. The van der Waals surface area contributed by atoms with E-state index in [1.807, 2.05) is 13.8 Å². The maximum atomic E-state index is 12.5. The van der Waals surface area contributed by atoms with Gasteiger partial charge in [-0.25, -0.2) is 4.98 Å². The highest BCUT2D eigenvalue weighted by Crippen LogP contribution is 2.45. The van der Waals surface area contributed by atoms with Gasteiger partial charge in [0.2, 0.25) is 0 Å². The van der Waals surface area contributed by atoms with Crippen molar-refractivity contribution in [1.29, 1.82) is 0 Å². The van der Waals surface area contributed by atoms with Crippen molar-refractivity contribution in [3.63, 3.8) is 0 Å². The molecule has 102 valence electrons. The summed E-state index contributed by atoms with van der Waals surface area (Å²) in [6.45, 7) is 4.99. The number of aromatic nitrogens is 1. The Kier molecular flexibility index (Phi) is 3.69. The molecule has 18 heavy (non-hydrogen) atoms. The molecule has 1 aromatic heterocycles. The highest BCUT2D eigenvalue weighted by atomic mass is 32.1. The van der Waals surface area contributed by atoms with Gasteiger partial charge in [0, 0.05) is 22.5 Å². The molecule has 1 heterocycles. The number of nitrogens with zero attached hydrogens (tertiary/aromatic N) is 1. The number of alkyl halides is 3. The maximum Gasteiger partial charge on any atom is 0.443 e. The van der Waals surface area contributed by atoms with Crippen molar-refractivity contribution < 1.29 is 13.2 Å². The molecule has 0 bridgehead atoms. The first-order valence-corrected chi connectivity index (χ1v) is 6.94. The van der Waals surface area contributed by atoms with Crippen molar-refractivity contribution in [2.45, 2.75) is 50.7 Å². The van der Waals surface area contributed by atoms with E-state index in [9.17, 15) is 13.2 Å². The molecule has 2 unspecified atom stereocenters. The standard InChI is InChI=1S/C12H17F3N2S/c1-3-16-8-4-5-11(2,6-8)9-7-17-10(18-9)12(13,14)15/h7-8,16H,3-6H2,1-2H3. The fraction of sp³-hybridized carbons (Fsp3) is 0.750. The van der Waals surface area contributed by atoms with Crippen molar-refractivity contribution in [2.24, 2.45) is 0 Å². The third kappa shape index (κ3) is 2.69. The molecule has 0 amide bonds. The quantitative estimate of drug-likeness (QED) is 0.914. The van der Waals surface area contributed by atoms with Crippen molar-refractivity contribution in [1.82, 2.24) is 10.3 Å². The van der Waals surface area contributed by atoms with Gasteiger partial charge in [-0.2, -0.15) is 13.2 Å². The zero-order valence-corrected chi connectivity index (χ0v) is 11.3. The summed E-state index contributed by atoms with van der Waals surface area (Å²) >= 11 is 0.792. The third-order valence-electron chi connectivity index (χ3n) is 3.58. The van der Waals surface area contributed by atoms with E-state index in [4.69, 9.17) is 0 Å². The van der Waals surface area contributed by atoms with Gasteiger partial charge < -0.3 is 5.32 Å². The molecule has 0 spiro atoms. The Morgan fingerprint density at radius 3 is 2.83 bits per heavy atom. The van der Waals surface area contributed by atoms with Crippen LogP contribution in [0.25, 0.3) is 0 Å². The summed E-state index contributed by atoms with van der Waals surface area (Å²) < 4.78 is 37.6. The van der Waals surface area contributed by atoms with Crippen LogP contribution in [0.15, 0.2) is 6.20 Å². The van der Waals surface area contributed by atoms with Crippen LogP contribution in [0.4, 0.5) is 13.2 Å². The first-order chi connectivity index (χ1) is 8.35. The van der Waals surface area contributed by atoms with Crippen LogP contribution in [-0.4, -0.2) is 17.6 Å². The summed E-state index contributed by atoms with van der Waals surface area (Å²) in [4.78, 5) is 4.28. The predicted octanol–water partition coefficient (Wildman–Crippen LogP) is 3.58. The van der Waals surface area contributed by atoms with Gasteiger partial charge >= 0.3 is 6.18 Å². The molecule has 2 atom stereocenters. The summed E-state index contributed by atoms with van der Waals surface area (Å²) in [5.74, 6) is 0. The zero-order chi connectivity index (χ0) is 13.4. The Morgan fingerprint density at radius 2 is 2.28 bits per heavy atom. The van der Waals surface area contributed by atoms with E-state index >= 15 is 0 Å². The smallest absolute Gasteiger partial charge is 0.314 e. The van der Waals surface area contributed by atoms with E-state index < -0.39 is 11.2 Å². The average molecular weight is 278 g/mol. The molecule has 2 rings (SSSR count). The van der Waals surface area contributed by atoms with E-state index in [0.717, 1.165) is 42.0 Å². The van der Waals surface area contributed by atoms with E-state index in [1.54, 1.807) is 0 Å². The van der Waals surface area contributed by atoms with Crippen LogP contribution in [0.5, 0.6) is 0 Å². The van der Waals surface area contributed by atoms with E-state index in [0.29, 0.717) is 6.04 Å². The van der Waals surface area contributed by atoms with Crippen LogP contribution in [-0.2, 0) is 11.6 Å². The molecule has 1 aromatic rings. The van der Waals surface area contributed by atoms with Gasteiger partial charge in [0.15, 0.2) is 5.01 Å². The lowest BCUT2D eigenvalue weighted by atomic mass is 9.87. The molecule has 1 N–H and O–H groups in total. The molecule has 1 aliphatic carbocycles. The van der Waals surface area contributed by atoms with E-state index in [-0.39, 0.29) is 5.41 Å². The number of hydrogen-bond donors (Lipinski definition) is 1. The van der Waals surface area contributed by atoms with Gasteiger partial charge in [0.05, 0.1) is 0 Å². The first-order valence-electron chi connectivity index (χ1n) is 6.12. The number of rotatable bonds is 3. The van der Waals surface area contributed by atoms with E-state index in [1.165, 1.54) is 6.20 Å². The van der Waals surface area contributed by atoms with Gasteiger partial charge in [-0.1, -0.05) is 13.8 Å². The molecule has 6 heteroatoms. The Hall–Kier alpha value is -0.620. The molecule has 2 nitrogen and oxygen atoms in total.